The zero-order valence-corrected chi connectivity index (χ0v) is 25.8. The lowest BCUT2D eigenvalue weighted by molar-refractivity contribution is -0.120. The number of halogens is 1. The molecule has 46 heavy (non-hydrogen) atoms. The summed E-state index contributed by atoms with van der Waals surface area (Å²) < 4.78 is 40.2. The van der Waals surface area contributed by atoms with E-state index in [9.17, 15) is 17.6 Å². The molecule has 11 nitrogen and oxygen atoms in total. The first-order chi connectivity index (χ1) is 22.2. The van der Waals surface area contributed by atoms with Gasteiger partial charge in [0.1, 0.15) is 22.7 Å². The molecule has 4 N–H and O–H groups in total. The SMILES string of the molecule is CS(=O)(=O)NCc1cc(F)cc(-c2ccnc3[nH]c(-c4n[nH]c5ccc(-c6cncc(NC(=O)C7CCCCC7)c6)nc45)cc23)c1. The van der Waals surface area contributed by atoms with E-state index < -0.39 is 15.8 Å². The van der Waals surface area contributed by atoms with Gasteiger partial charge in [0.05, 0.1) is 35.0 Å². The number of rotatable bonds is 8. The molecule has 5 aromatic heterocycles. The normalized spacial score (nSPS) is 14.2. The Morgan fingerprint density at radius 3 is 2.70 bits per heavy atom. The minimum atomic E-state index is -3.44. The number of hydrogen-bond donors (Lipinski definition) is 4. The van der Waals surface area contributed by atoms with E-state index in [0.29, 0.717) is 45.1 Å². The Morgan fingerprint density at radius 2 is 1.87 bits per heavy atom. The van der Waals surface area contributed by atoms with Crippen molar-refractivity contribution in [2.45, 2.75) is 38.6 Å². The predicted molar refractivity (Wildman–Crippen MR) is 174 cm³/mol. The van der Waals surface area contributed by atoms with Gasteiger partial charge in [-0.15, -0.1) is 0 Å². The molecule has 234 valence electrons. The van der Waals surface area contributed by atoms with Gasteiger partial charge in [-0.2, -0.15) is 5.10 Å². The number of fused-ring (bicyclic) bond motifs is 2. The number of aromatic nitrogens is 6. The number of amides is 1. The highest BCUT2D eigenvalue weighted by Gasteiger charge is 2.22. The molecule has 0 aliphatic heterocycles. The van der Waals surface area contributed by atoms with Crippen LogP contribution in [0.5, 0.6) is 0 Å². The molecule has 1 saturated carbocycles. The number of nitrogens with zero attached hydrogens (tertiary/aromatic N) is 4. The summed E-state index contributed by atoms with van der Waals surface area (Å²) >= 11 is 0. The van der Waals surface area contributed by atoms with Gasteiger partial charge in [-0.1, -0.05) is 19.3 Å². The average molecular weight is 639 g/mol. The van der Waals surface area contributed by atoms with Crippen molar-refractivity contribution in [3.05, 3.63) is 78.5 Å². The van der Waals surface area contributed by atoms with E-state index in [2.05, 4.69) is 35.2 Å². The quantitative estimate of drug-likeness (QED) is 0.161. The van der Waals surface area contributed by atoms with Crippen LogP contribution in [-0.4, -0.2) is 50.7 Å². The molecule has 0 bridgehead atoms. The molecule has 0 unspecified atom stereocenters. The van der Waals surface area contributed by atoms with E-state index in [1.165, 1.54) is 18.6 Å². The fourth-order valence-electron chi connectivity index (χ4n) is 6.03. The minimum absolute atomic E-state index is 0.0330. The fourth-order valence-corrected chi connectivity index (χ4v) is 6.46. The lowest BCUT2D eigenvalue weighted by Gasteiger charge is -2.20. The number of anilines is 1. The molecule has 0 saturated heterocycles. The zero-order chi connectivity index (χ0) is 31.8. The highest BCUT2D eigenvalue weighted by molar-refractivity contribution is 7.88. The molecular formula is C33H31FN8O3S. The van der Waals surface area contributed by atoms with Crippen LogP contribution in [0.15, 0.2) is 67.1 Å². The topological polar surface area (TPSA) is 158 Å². The summed E-state index contributed by atoms with van der Waals surface area (Å²) in [4.78, 5) is 29.9. The monoisotopic (exact) mass is 638 g/mol. The number of H-pyrrole nitrogens is 2. The Bertz CT molecular complexity index is 2210. The third-order valence-corrected chi connectivity index (χ3v) is 8.95. The minimum Gasteiger partial charge on any atom is -0.338 e. The van der Waals surface area contributed by atoms with Crippen molar-refractivity contribution >= 4 is 43.7 Å². The fraction of sp³-hybridized carbons (Fsp3) is 0.242. The smallest absolute Gasteiger partial charge is 0.227 e. The maximum absolute atomic E-state index is 14.6. The van der Waals surface area contributed by atoms with E-state index in [1.807, 2.05) is 24.3 Å². The third kappa shape index (κ3) is 6.24. The molecule has 0 atom stereocenters. The summed E-state index contributed by atoms with van der Waals surface area (Å²) in [6.45, 7) is -0.0330. The predicted octanol–water partition coefficient (Wildman–Crippen LogP) is 5.94. The molecule has 0 spiro atoms. The number of hydrogen-bond acceptors (Lipinski definition) is 7. The highest BCUT2D eigenvalue weighted by atomic mass is 32.2. The van der Waals surface area contributed by atoms with Gasteiger partial charge in [-0.05, 0) is 78.1 Å². The first kappa shape index (κ1) is 29.7. The van der Waals surface area contributed by atoms with Crippen molar-refractivity contribution in [1.29, 1.82) is 0 Å². The van der Waals surface area contributed by atoms with E-state index in [-0.39, 0.29) is 18.4 Å². The van der Waals surface area contributed by atoms with Gasteiger partial charge in [0, 0.05) is 35.8 Å². The van der Waals surface area contributed by atoms with Crippen molar-refractivity contribution < 1.29 is 17.6 Å². The lowest BCUT2D eigenvalue weighted by Crippen LogP contribution is -2.24. The number of benzene rings is 1. The van der Waals surface area contributed by atoms with Gasteiger partial charge < -0.3 is 10.3 Å². The van der Waals surface area contributed by atoms with Gasteiger partial charge in [-0.25, -0.2) is 27.5 Å². The van der Waals surface area contributed by atoms with Crippen molar-refractivity contribution in [2.75, 3.05) is 11.6 Å². The van der Waals surface area contributed by atoms with Crippen LogP contribution in [0.4, 0.5) is 10.1 Å². The first-order valence-electron chi connectivity index (χ1n) is 15.0. The number of carbonyl (C=O) groups is 1. The van der Waals surface area contributed by atoms with Crippen LogP contribution in [-0.2, 0) is 21.4 Å². The zero-order valence-electron chi connectivity index (χ0n) is 25.0. The second kappa shape index (κ2) is 12.1. The maximum Gasteiger partial charge on any atom is 0.227 e. The molecule has 13 heteroatoms. The summed E-state index contributed by atoms with van der Waals surface area (Å²) in [6, 6.07) is 13.8. The van der Waals surface area contributed by atoms with Crippen molar-refractivity contribution in [3.63, 3.8) is 0 Å². The maximum atomic E-state index is 14.6. The molecule has 6 aromatic rings. The first-order valence-corrected chi connectivity index (χ1v) is 16.9. The van der Waals surface area contributed by atoms with Crippen molar-refractivity contribution in [1.82, 2.24) is 34.9 Å². The number of aromatic amines is 2. The molecule has 1 aliphatic rings. The molecular weight excluding hydrogens is 607 g/mol. The van der Waals surface area contributed by atoms with Gasteiger partial charge in [0.2, 0.25) is 15.9 Å². The average Bonchev–Trinajstić information content (AvgIpc) is 3.68. The van der Waals surface area contributed by atoms with Crippen LogP contribution in [0, 0.1) is 11.7 Å². The molecule has 5 heterocycles. The summed E-state index contributed by atoms with van der Waals surface area (Å²) in [6.07, 6.45) is 11.2. The Hall–Kier alpha value is -5.01. The van der Waals surface area contributed by atoms with Crippen LogP contribution in [0.2, 0.25) is 0 Å². The van der Waals surface area contributed by atoms with Crippen LogP contribution in [0.1, 0.15) is 37.7 Å². The third-order valence-electron chi connectivity index (χ3n) is 8.28. The molecule has 7 rings (SSSR count). The van der Waals surface area contributed by atoms with Crippen molar-refractivity contribution in [3.8, 4) is 33.8 Å². The van der Waals surface area contributed by atoms with Crippen LogP contribution >= 0.6 is 0 Å². The number of carbonyl (C=O) groups excluding carboxylic acids is 1. The lowest BCUT2D eigenvalue weighted by atomic mass is 9.88. The number of nitrogens with one attached hydrogen (secondary N) is 4. The Morgan fingerprint density at radius 1 is 1.02 bits per heavy atom. The highest BCUT2D eigenvalue weighted by Crippen LogP contribution is 2.34. The van der Waals surface area contributed by atoms with Crippen LogP contribution in [0.25, 0.3) is 55.8 Å². The molecule has 0 radical (unpaired) electrons. The van der Waals surface area contributed by atoms with Crippen LogP contribution in [0.3, 0.4) is 0 Å². The second-order valence-corrected chi connectivity index (χ2v) is 13.5. The second-order valence-electron chi connectivity index (χ2n) is 11.7. The Labute approximate surface area is 264 Å². The largest absolute Gasteiger partial charge is 0.338 e. The Kier molecular flexibility index (Phi) is 7.79. The van der Waals surface area contributed by atoms with E-state index in [0.717, 1.165) is 54.0 Å². The summed E-state index contributed by atoms with van der Waals surface area (Å²) in [7, 11) is -3.44. The van der Waals surface area contributed by atoms with Gasteiger partial charge in [0.25, 0.3) is 0 Å². The molecule has 1 aliphatic carbocycles. The van der Waals surface area contributed by atoms with E-state index >= 15 is 0 Å². The van der Waals surface area contributed by atoms with E-state index in [4.69, 9.17) is 4.98 Å². The van der Waals surface area contributed by atoms with Gasteiger partial charge in [-0.3, -0.25) is 14.9 Å². The summed E-state index contributed by atoms with van der Waals surface area (Å²) in [5.41, 5.74) is 7.01. The Balaban J connectivity index is 1.21. The molecule has 1 fully saturated rings. The van der Waals surface area contributed by atoms with E-state index in [1.54, 1.807) is 30.7 Å². The number of pyridine rings is 3. The molecule has 1 amide bonds. The van der Waals surface area contributed by atoms with Crippen molar-refractivity contribution in [2.24, 2.45) is 5.92 Å². The van der Waals surface area contributed by atoms with Gasteiger partial charge >= 0.3 is 0 Å². The molecule has 1 aromatic carbocycles. The van der Waals surface area contributed by atoms with Gasteiger partial charge in [0.15, 0.2) is 0 Å². The summed E-state index contributed by atoms with van der Waals surface area (Å²) in [5.74, 6) is -0.414. The summed E-state index contributed by atoms with van der Waals surface area (Å²) in [5, 5.41) is 11.3. The van der Waals surface area contributed by atoms with Crippen LogP contribution < -0.4 is 10.0 Å². The standard InChI is InChI=1S/C33H31FN8O3S/c1-46(44,45)37-16-19-11-21(13-23(34)12-19)25-9-10-36-32-26(25)15-29(40-32)31-30-28(41-42-31)8-7-27(39-30)22-14-24(18-35-17-22)38-33(43)20-5-3-2-4-6-20/h7-15,17-18,20,37H,2-6,16H2,1H3,(H,36,40)(H,38,43)(H,41,42). The number of sulfonamides is 1.